The number of aliphatic hydroxyl groups is 1. The minimum absolute atomic E-state index is 0.0775. The van der Waals surface area contributed by atoms with Gasteiger partial charge in [0.2, 0.25) is 5.91 Å². The number of β-amino-alcohol motifs (C(OH)–C–C–N with tert-alkyl or cyclic N) is 1. The molecule has 2 fully saturated rings. The number of benzene rings is 1. The number of likely N-dealkylation sites (tertiary alicyclic amines) is 1. The maximum absolute atomic E-state index is 12.3. The number of rotatable bonds is 4. The van der Waals surface area contributed by atoms with Crippen molar-refractivity contribution < 1.29 is 19.8 Å². The Morgan fingerprint density at radius 2 is 1.91 bits per heavy atom. The van der Waals surface area contributed by atoms with Crippen LogP contribution in [0.15, 0.2) is 30.3 Å². The van der Waals surface area contributed by atoms with Crippen molar-refractivity contribution in [2.24, 2.45) is 11.3 Å². The number of carbonyl (C=O) groups excluding carboxylic acids is 1. The second-order valence-corrected chi connectivity index (χ2v) is 6.80. The van der Waals surface area contributed by atoms with Crippen LogP contribution in [0.5, 0.6) is 0 Å². The van der Waals surface area contributed by atoms with Gasteiger partial charge in [-0.2, -0.15) is 0 Å². The number of carboxylic acid groups (broad SMARTS) is 1. The summed E-state index contributed by atoms with van der Waals surface area (Å²) >= 11 is 0. The van der Waals surface area contributed by atoms with Crippen LogP contribution in [0.3, 0.4) is 0 Å². The van der Waals surface area contributed by atoms with E-state index >= 15 is 0 Å². The molecule has 2 atom stereocenters. The zero-order chi connectivity index (χ0) is 16.4. The normalized spacial score (nSPS) is 28.2. The van der Waals surface area contributed by atoms with E-state index in [1.807, 2.05) is 30.3 Å². The Bertz CT molecular complexity index is 584. The molecule has 0 aromatic heterocycles. The van der Waals surface area contributed by atoms with E-state index in [-0.39, 0.29) is 31.2 Å². The largest absolute Gasteiger partial charge is 0.481 e. The van der Waals surface area contributed by atoms with Gasteiger partial charge in [-0.05, 0) is 31.2 Å². The Morgan fingerprint density at radius 3 is 2.43 bits per heavy atom. The van der Waals surface area contributed by atoms with Crippen LogP contribution in [0, 0.1) is 11.3 Å². The topological polar surface area (TPSA) is 77.8 Å². The van der Waals surface area contributed by atoms with Crippen LogP contribution >= 0.6 is 0 Å². The lowest BCUT2D eigenvalue weighted by molar-refractivity contribution is -0.167. The Balaban J connectivity index is 1.74. The first-order chi connectivity index (χ1) is 11.0. The predicted octanol–water partition coefficient (Wildman–Crippen LogP) is 1.69. The summed E-state index contributed by atoms with van der Waals surface area (Å²) in [6, 6.07) is 9.37. The van der Waals surface area contributed by atoms with Gasteiger partial charge in [0.15, 0.2) is 0 Å². The molecule has 1 saturated carbocycles. The van der Waals surface area contributed by atoms with Crippen molar-refractivity contribution >= 4 is 11.9 Å². The lowest BCUT2D eigenvalue weighted by Crippen LogP contribution is -2.58. The molecule has 0 radical (unpaired) electrons. The molecule has 0 spiro atoms. The highest BCUT2D eigenvalue weighted by molar-refractivity contribution is 5.81. The van der Waals surface area contributed by atoms with Gasteiger partial charge in [0.05, 0.1) is 6.10 Å². The van der Waals surface area contributed by atoms with Gasteiger partial charge in [-0.25, -0.2) is 0 Å². The van der Waals surface area contributed by atoms with E-state index in [1.54, 1.807) is 4.90 Å². The quantitative estimate of drug-likeness (QED) is 0.886. The molecule has 1 aliphatic carbocycles. The highest BCUT2D eigenvalue weighted by Gasteiger charge is 2.50. The van der Waals surface area contributed by atoms with Gasteiger partial charge >= 0.3 is 5.97 Å². The van der Waals surface area contributed by atoms with Crippen molar-refractivity contribution in [3.05, 3.63) is 35.9 Å². The fourth-order valence-corrected chi connectivity index (χ4v) is 3.58. The SMILES string of the molecule is O=C(C1CCC1)N1CC[C@](Cc2ccccc2)(C(=O)O)[C@H](O)C1. The fraction of sp³-hybridized carbons (Fsp3) is 0.556. The lowest BCUT2D eigenvalue weighted by atomic mass is 9.71. The zero-order valence-electron chi connectivity index (χ0n) is 13.1. The average Bonchev–Trinajstić information content (AvgIpc) is 2.48. The van der Waals surface area contributed by atoms with Gasteiger partial charge in [0.25, 0.3) is 0 Å². The minimum atomic E-state index is -1.21. The zero-order valence-corrected chi connectivity index (χ0v) is 13.1. The van der Waals surface area contributed by atoms with E-state index in [1.165, 1.54) is 0 Å². The summed E-state index contributed by atoms with van der Waals surface area (Å²) in [6.45, 7) is 0.528. The molecule has 3 rings (SSSR count). The molecule has 1 aromatic rings. The highest BCUT2D eigenvalue weighted by atomic mass is 16.4. The molecule has 124 valence electrons. The van der Waals surface area contributed by atoms with Gasteiger partial charge in [0, 0.05) is 19.0 Å². The summed E-state index contributed by atoms with van der Waals surface area (Å²) in [7, 11) is 0. The Labute approximate surface area is 135 Å². The molecule has 1 saturated heterocycles. The standard InChI is InChI=1S/C18H23NO4/c20-15-12-19(16(21)14-7-4-8-14)10-9-18(15,17(22)23)11-13-5-2-1-3-6-13/h1-3,5-6,14-15,20H,4,7-12H2,(H,22,23)/t15-,18-/m1/s1. The Kier molecular flexibility index (Phi) is 4.39. The minimum Gasteiger partial charge on any atom is -0.481 e. The van der Waals surface area contributed by atoms with Crippen molar-refractivity contribution in [3.63, 3.8) is 0 Å². The van der Waals surface area contributed by atoms with Gasteiger partial charge in [0.1, 0.15) is 5.41 Å². The Hall–Kier alpha value is -1.88. The second kappa shape index (κ2) is 6.32. The molecular formula is C18H23NO4. The summed E-state index contributed by atoms with van der Waals surface area (Å²) in [4.78, 5) is 25.9. The first kappa shape index (κ1) is 16.0. The summed E-state index contributed by atoms with van der Waals surface area (Å²) in [5, 5.41) is 20.3. The molecule has 5 nitrogen and oxygen atoms in total. The van der Waals surface area contributed by atoms with Crippen molar-refractivity contribution in [2.45, 2.75) is 38.2 Å². The average molecular weight is 317 g/mol. The monoisotopic (exact) mass is 317 g/mol. The van der Waals surface area contributed by atoms with Gasteiger partial charge in [-0.15, -0.1) is 0 Å². The van der Waals surface area contributed by atoms with Crippen LogP contribution in [-0.4, -0.2) is 46.2 Å². The third-order valence-corrected chi connectivity index (χ3v) is 5.41. The van der Waals surface area contributed by atoms with E-state index in [2.05, 4.69) is 0 Å². The molecule has 1 aromatic carbocycles. The maximum atomic E-state index is 12.3. The van der Waals surface area contributed by atoms with Gasteiger partial charge in [-0.1, -0.05) is 36.8 Å². The second-order valence-electron chi connectivity index (χ2n) is 6.80. The van der Waals surface area contributed by atoms with Gasteiger partial charge < -0.3 is 15.1 Å². The third kappa shape index (κ3) is 2.98. The lowest BCUT2D eigenvalue weighted by Gasteiger charge is -2.44. The smallest absolute Gasteiger partial charge is 0.312 e. The number of aliphatic carboxylic acids is 1. The number of carboxylic acids is 1. The molecule has 2 aliphatic rings. The number of nitrogens with zero attached hydrogens (tertiary/aromatic N) is 1. The first-order valence-corrected chi connectivity index (χ1v) is 8.27. The summed E-state index contributed by atoms with van der Waals surface area (Å²) in [6.07, 6.45) is 2.45. The Morgan fingerprint density at radius 1 is 1.22 bits per heavy atom. The van der Waals surface area contributed by atoms with Crippen LogP contribution in [0.4, 0.5) is 0 Å². The molecule has 0 unspecified atom stereocenters. The summed E-state index contributed by atoms with van der Waals surface area (Å²) in [5.41, 5.74) is -0.315. The molecule has 0 bridgehead atoms. The molecule has 1 aliphatic heterocycles. The molecule has 2 N–H and O–H groups in total. The predicted molar refractivity (Wildman–Crippen MR) is 84.8 cm³/mol. The summed E-state index contributed by atoms with van der Waals surface area (Å²) in [5.74, 6) is -0.827. The number of carbonyl (C=O) groups is 2. The van der Waals surface area contributed by atoms with Crippen molar-refractivity contribution in [1.82, 2.24) is 4.90 Å². The van der Waals surface area contributed by atoms with Gasteiger partial charge in [-0.3, -0.25) is 9.59 Å². The van der Waals surface area contributed by atoms with Crippen LogP contribution in [0.1, 0.15) is 31.2 Å². The fourth-order valence-electron chi connectivity index (χ4n) is 3.58. The first-order valence-electron chi connectivity index (χ1n) is 8.27. The van der Waals surface area contributed by atoms with Crippen molar-refractivity contribution in [1.29, 1.82) is 0 Å². The molecule has 5 heteroatoms. The number of hydrogen-bond acceptors (Lipinski definition) is 3. The summed E-state index contributed by atoms with van der Waals surface area (Å²) < 4.78 is 0. The third-order valence-electron chi connectivity index (χ3n) is 5.41. The van der Waals surface area contributed by atoms with E-state index in [9.17, 15) is 19.8 Å². The highest BCUT2D eigenvalue weighted by Crippen LogP contribution is 2.37. The van der Waals surface area contributed by atoms with E-state index in [4.69, 9.17) is 0 Å². The number of piperidine rings is 1. The van der Waals surface area contributed by atoms with Crippen LogP contribution in [-0.2, 0) is 16.0 Å². The van der Waals surface area contributed by atoms with E-state index in [0.29, 0.717) is 6.54 Å². The van der Waals surface area contributed by atoms with Crippen LogP contribution in [0.25, 0.3) is 0 Å². The van der Waals surface area contributed by atoms with Crippen LogP contribution in [0.2, 0.25) is 0 Å². The van der Waals surface area contributed by atoms with E-state index in [0.717, 1.165) is 24.8 Å². The number of amides is 1. The maximum Gasteiger partial charge on any atom is 0.312 e. The van der Waals surface area contributed by atoms with Crippen molar-refractivity contribution in [2.75, 3.05) is 13.1 Å². The van der Waals surface area contributed by atoms with Crippen molar-refractivity contribution in [3.8, 4) is 0 Å². The van der Waals surface area contributed by atoms with Crippen LogP contribution < -0.4 is 0 Å². The molecule has 1 heterocycles. The van der Waals surface area contributed by atoms with E-state index < -0.39 is 17.5 Å². The number of aliphatic hydroxyl groups excluding tert-OH is 1. The molecular weight excluding hydrogens is 294 g/mol. The number of hydrogen-bond donors (Lipinski definition) is 2. The molecule has 23 heavy (non-hydrogen) atoms. The molecule has 1 amide bonds.